The number of amides is 1. The highest BCUT2D eigenvalue weighted by atomic mass is 32.2. The Kier molecular flexibility index (Phi) is 6.13. The van der Waals surface area contributed by atoms with Gasteiger partial charge in [-0.05, 0) is 35.6 Å². The van der Waals surface area contributed by atoms with Gasteiger partial charge in [0, 0.05) is 23.7 Å². The minimum absolute atomic E-state index is 0.0640. The molecule has 0 N–H and O–H groups in total. The fraction of sp³-hybridized carbons (Fsp3) is 0.240. The molecule has 3 aromatic rings. The molecule has 0 unspecified atom stereocenters. The van der Waals surface area contributed by atoms with Crippen molar-refractivity contribution in [2.24, 2.45) is 11.8 Å². The summed E-state index contributed by atoms with van der Waals surface area (Å²) in [6, 6.07) is 31.3. The standard InChI is InChI=1S/C25H25NOS/c27-25-24(19-28-23-14-8-3-9-15-23)22(16-20-10-4-1-5-11-20)18-26(25)17-21-12-6-2-7-13-21/h1-15,22,24H,16-19H2/t22-,24+/m0/s1. The number of carbonyl (C=O) groups excluding carboxylic acids is 1. The van der Waals surface area contributed by atoms with Gasteiger partial charge >= 0.3 is 0 Å². The predicted molar refractivity (Wildman–Crippen MR) is 116 cm³/mol. The Morgan fingerprint density at radius 3 is 2.00 bits per heavy atom. The van der Waals surface area contributed by atoms with Crippen LogP contribution in [0.4, 0.5) is 0 Å². The van der Waals surface area contributed by atoms with E-state index in [2.05, 4.69) is 65.6 Å². The van der Waals surface area contributed by atoms with Crippen LogP contribution in [0.1, 0.15) is 11.1 Å². The van der Waals surface area contributed by atoms with Crippen molar-refractivity contribution in [3.8, 4) is 0 Å². The molecule has 0 saturated carbocycles. The fourth-order valence-electron chi connectivity index (χ4n) is 3.92. The van der Waals surface area contributed by atoms with Crippen LogP contribution in [-0.4, -0.2) is 23.1 Å². The van der Waals surface area contributed by atoms with E-state index < -0.39 is 0 Å². The molecule has 142 valence electrons. The van der Waals surface area contributed by atoms with Crippen molar-refractivity contribution in [1.82, 2.24) is 4.90 Å². The number of hydrogen-bond acceptors (Lipinski definition) is 2. The second kappa shape index (κ2) is 9.11. The topological polar surface area (TPSA) is 20.3 Å². The van der Waals surface area contributed by atoms with Gasteiger partial charge in [0.25, 0.3) is 0 Å². The summed E-state index contributed by atoms with van der Waals surface area (Å²) in [5.41, 5.74) is 2.52. The zero-order valence-electron chi connectivity index (χ0n) is 15.9. The zero-order valence-corrected chi connectivity index (χ0v) is 16.7. The molecule has 0 aromatic heterocycles. The number of carbonyl (C=O) groups is 1. The monoisotopic (exact) mass is 387 g/mol. The summed E-state index contributed by atoms with van der Waals surface area (Å²) >= 11 is 1.80. The maximum atomic E-state index is 13.2. The molecule has 3 aromatic carbocycles. The first kappa shape index (κ1) is 18.8. The van der Waals surface area contributed by atoms with Gasteiger partial charge in [0.15, 0.2) is 0 Å². The van der Waals surface area contributed by atoms with E-state index in [4.69, 9.17) is 0 Å². The van der Waals surface area contributed by atoms with Gasteiger partial charge in [0.05, 0.1) is 5.92 Å². The van der Waals surface area contributed by atoms with Gasteiger partial charge in [-0.1, -0.05) is 78.9 Å². The first-order chi connectivity index (χ1) is 13.8. The number of thioether (sulfide) groups is 1. The highest BCUT2D eigenvalue weighted by Gasteiger charge is 2.39. The van der Waals surface area contributed by atoms with Crippen molar-refractivity contribution >= 4 is 17.7 Å². The molecule has 2 atom stereocenters. The summed E-state index contributed by atoms with van der Waals surface area (Å²) < 4.78 is 0. The molecule has 1 saturated heterocycles. The molecule has 3 heteroatoms. The van der Waals surface area contributed by atoms with Crippen molar-refractivity contribution in [2.75, 3.05) is 12.3 Å². The van der Waals surface area contributed by atoms with Crippen molar-refractivity contribution in [3.05, 3.63) is 102 Å². The van der Waals surface area contributed by atoms with Crippen LogP contribution in [0.5, 0.6) is 0 Å². The molecular formula is C25H25NOS. The Morgan fingerprint density at radius 1 is 0.786 bits per heavy atom. The lowest BCUT2D eigenvalue weighted by Gasteiger charge is -2.16. The van der Waals surface area contributed by atoms with Gasteiger partial charge in [0.1, 0.15) is 0 Å². The number of likely N-dealkylation sites (tertiary alicyclic amines) is 1. The average Bonchev–Trinajstić information content (AvgIpc) is 3.03. The van der Waals surface area contributed by atoms with Crippen LogP contribution >= 0.6 is 11.8 Å². The molecular weight excluding hydrogens is 362 g/mol. The number of nitrogens with zero attached hydrogens (tertiary/aromatic N) is 1. The lowest BCUT2D eigenvalue weighted by atomic mass is 9.90. The Bertz CT molecular complexity index is 882. The van der Waals surface area contributed by atoms with Crippen LogP contribution in [0.3, 0.4) is 0 Å². The number of rotatable bonds is 7. The molecule has 1 heterocycles. The van der Waals surface area contributed by atoms with Gasteiger partial charge < -0.3 is 4.90 Å². The van der Waals surface area contributed by atoms with Crippen LogP contribution in [0.15, 0.2) is 95.9 Å². The summed E-state index contributed by atoms with van der Waals surface area (Å²) in [6.45, 7) is 1.54. The van der Waals surface area contributed by atoms with Gasteiger partial charge in [-0.15, -0.1) is 11.8 Å². The maximum absolute atomic E-state index is 13.2. The molecule has 4 rings (SSSR count). The minimum Gasteiger partial charge on any atom is -0.338 e. The van der Waals surface area contributed by atoms with Crippen molar-refractivity contribution in [3.63, 3.8) is 0 Å². The zero-order chi connectivity index (χ0) is 19.2. The molecule has 1 aliphatic heterocycles. The predicted octanol–water partition coefficient (Wildman–Crippen LogP) is 5.30. The second-order valence-corrected chi connectivity index (χ2v) is 8.48. The van der Waals surface area contributed by atoms with Crippen molar-refractivity contribution < 1.29 is 4.79 Å². The van der Waals surface area contributed by atoms with E-state index in [-0.39, 0.29) is 5.92 Å². The third-order valence-corrected chi connectivity index (χ3v) is 6.51. The first-order valence-electron chi connectivity index (χ1n) is 9.84. The molecule has 0 spiro atoms. The van der Waals surface area contributed by atoms with E-state index in [0.717, 1.165) is 18.7 Å². The van der Waals surface area contributed by atoms with E-state index in [1.807, 2.05) is 30.3 Å². The molecule has 2 nitrogen and oxygen atoms in total. The molecule has 1 fully saturated rings. The van der Waals surface area contributed by atoms with Crippen molar-refractivity contribution in [1.29, 1.82) is 0 Å². The van der Waals surface area contributed by atoms with Crippen LogP contribution in [0, 0.1) is 11.8 Å². The van der Waals surface area contributed by atoms with Crippen molar-refractivity contribution in [2.45, 2.75) is 17.9 Å². The van der Waals surface area contributed by atoms with E-state index in [1.54, 1.807) is 11.8 Å². The Morgan fingerprint density at radius 2 is 1.36 bits per heavy atom. The summed E-state index contributed by atoms with van der Waals surface area (Å²) in [6.07, 6.45) is 0.956. The van der Waals surface area contributed by atoms with Crippen LogP contribution < -0.4 is 0 Å². The molecule has 1 amide bonds. The molecule has 0 aliphatic carbocycles. The third-order valence-electron chi connectivity index (χ3n) is 5.38. The molecule has 1 aliphatic rings. The molecule has 0 bridgehead atoms. The van der Waals surface area contributed by atoms with E-state index in [0.29, 0.717) is 18.4 Å². The largest absolute Gasteiger partial charge is 0.338 e. The normalized spacial score (nSPS) is 19.1. The van der Waals surface area contributed by atoms with Crippen LogP contribution in [0.25, 0.3) is 0 Å². The highest BCUT2D eigenvalue weighted by molar-refractivity contribution is 7.99. The van der Waals surface area contributed by atoms with E-state index >= 15 is 0 Å². The van der Waals surface area contributed by atoms with Gasteiger partial charge in [0.2, 0.25) is 5.91 Å². The summed E-state index contributed by atoms with van der Waals surface area (Å²) in [4.78, 5) is 16.5. The lowest BCUT2D eigenvalue weighted by Crippen LogP contribution is -2.27. The quantitative estimate of drug-likeness (QED) is 0.513. The summed E-state index contributed by atoms with van der Waals surface area (Å²) in [5.74, 6) is 1.56. The smallest absolute Gasteiger partial charge is 0.227 e. The van der Waals surface area contributed by atoms with Crippen LogP contribution in [0.2, 0.25) is 0 Å². The maximum Gasteiger partial charge on any atom is 0.227 e. The fourth-order valence-corrected chi connectivity index (χ4v) is 5.05. The van der Waals surface area contributed by atoms with Gasteiger partial charge in [-0.25, -0.2) is 0 Å². The van der Waals surface area contributed by atoms with Crippen LogP contribution in [-0.2, 0) is 17.8 Å². The third kappa shape index (κ3) is 4.66. The Balaban J connectivity index is 1.49. The lowest BCUT2D eigenvalue weighted by molar-refractivity contribution is -0.131. The average molecular weight is 388 g/mol. The van der Waals surface area contributed by atoms with E-state index in [9.17, 15) is 4.79 Å². The van der Waals surface area contributed by atoms with Gasteiger partial charge in [-0.3, -0.25) is 4.79 Å². The number of benzene rings is 3. The van der Waals surface area contributed by atoms with Gasteiger partial charge in [-0.2, -0.15) is 0 Å². The summed E-state index contributed by atoms with van der Waals surface area (Å²) in [5, 5.41) is 0. The SMILES string of the molecule is O=C1[C@H](CSc2ccccc2)[C@@H](Cc2ccccc2)CN1Cc1ccccc1. The Hall–Kier alpha value is -2.52. The highest BCUT2D eigenvalue weighted by Crippen LogP contribution is 2.33. The number of hydrogen-bond donors (Lipinski definition) is 0. The Labute approximate surface area is 171 Å². The second-order valence-electron chi connectivity index (χ2n) is 7.38. The first-order valence-corrected chi connectivity index (χ1v) is 10.8. The van der Waals surface area contributed by atoms with E-state index in [1.165, 1.54) is 16.0 Å². The summed E-state index contributed by atoms with van der Waals surface area (Å²) in [7, 11) is 0. The molecule has 28 heavy (non-hydrogen) atoms. The molecule has 0 radical (unpaired) electrons. The minimum atomic E-state index is 0.0640.